The van der Waals surface area contributed by atoms with Crippen LogP contribution in [0.4, 0.5) is 5.13 Å². The summed E-state index contributed by atoms with van der Waals surface area (Å²) in [6, 6.07) is 0. The van der Waals surface area contributed by atoms with Crippen molar-refractivity contribution in [3.05, 3.63) is 24.0 Å². The zero-order valence-corrected chi connectivity index (χ0v) is 21.2. The number of oxazole rings is 1. The van der Waals surface area contributed by atoms with Crippen molar-refractivity contribution in [1.29, 1.82) is 0 Å². The monoisotopic (exact) mass is 497 g/mol. The number of nitrogens with one attached hydrogen (secondary N) is 3. The molecule has 0 radical (unpaired) electrons. The fourth-order valence-electron chi connectivity index (χ4n) is 2.87. The van der Waals surface area contributed by atoms with E-state index in [2.05, 4.69) is 41.4 Å². The van der Waals surface area contributed by atoms with Crippen LogP contribution in [0.1, 0.15) is 77.4 Å². The highest BCUT2D eigenvalue weighted by Gasteiger charge is 2.19. The number of nitrogens with zero attached hydrogens (tertiary/aromatic N) is 2. The minimum atomic E-state index is -0.333. The smallest absolute Gasteiger partial charge is 0.243 e. The number of carbonyl (C=O) groups excluding carboxylic acids is 2. The molecule has 4 N–H and O–H groups in total. The Labute approximate surface area is 203 Å². The van der Waals surface area contributed by atoms with Gasteiger partial charge in [-0.25, -0.2) is 15.4 Å². The van der Waals surface area contributed by atoms with Crippen molar-refractivity contribution >= 4 is 40.0 Å². The molecule has 184 valence electrons. The first-order chi connectivity index (χ1) is 15.8. The number of unbranched alkanes of at least 4 members (excludes halogenated alkanes) is 3. The van der Waals surface area contributed by atoms with Crippen molar-refractivity contribution < 1.29 is 19.2 Å². The second-order valence-electron chi connectivity index (χ2n) is 8.74. The molecule has 0 saturated heterocycles. The molecule has 0 aliphatic carbocycles. The second-order valence-corrected chi connectivity index (χ2v) is 11.0. The highest BCUT2D eigenvalue weighted by Crippen LogP contribution is 2.31. The van der Waals surface area contributed by atoms with E-state index in [1.807, 2.05) is 0 Å². The molecule has 0 saturated carbocycles. The maximum atomic E-state index is 12.1. The molecule has 2 rings (SSSR count). The standard InChI is InChI=1S/C22H35N5O4S2/c1-22(2,3)16-13-24-19(31-16)15-32-20-14-25-21(33-20)26-17(28)10-8-12-23-11-7-5-4-6-9-18(29)27-30/h13-14,23,30H,4-12,15H2,1-3H3,(H,27,29)(H,25,26,28). The molecular weight excluding hydrogens is 462 g/mol. The van der Waals surface area contributed by atoms with Crippen molar-refractivity contribution in [2.24, 2.45) is 0 Å². The molecule has 2 aromatic rings. The predicted molar refractivity (Wildman–Crippen MR) is 131 cm³/mol. The van der Waals surface area contributed by atoms with Crippen LogP contribution in [0.15, 0.2) is 21.0 Å². The van der Waals surface area contributed by atoms with Crippen LogP contribution in [0.25, 0.3) is 0 Å². The largest absolute Gasteiger partial charge is 0.444 e. The maximum absolute atomic E-state index is 12.1. The van der Waals surface area contributed by atoms with Crippen LogP contribution < -0.4 is 16.1 Å². The normalized spacial score (nSPS) is 11.5. The van der Waals surface area contributed by atoms with E-state index in [1.165, 1.54) is 11.3 Å². The fraction of sp³-hybridized carbons (Fsp3) is 0.636. The average molecular weight is 498 g/mol. The lowest BCUT2D eigenvalue weighted by Gasteiger charge is -2.12. The molecule has 9 nitrogen and oxygen atoms in total. The van der Waals surface area contributed by atoms with Gasteiger partial charge in [0, 0.05) is 18.3 Å². The molecule has 0 bridgehead atoms. The zero-order valence-electron chi connectivity index (χ0n) is 19.6. The van der Waals surface area contributed by atoms with E-state index < -0.39 is 0 Å². The van der Waals surface area contributed by atoms with Crippen LogP contribution in [-0.4, -0.2) is 40.1 Å². The summed E-state index contributed by atoms with van der Waals surface area (Å²) in [6.45, 7) is 7.94. The van der Waals surface area contributed by atoms with Crippen LogP contribution in [0.5, 0.6) is 0 Å². The first-order valence-electron chi connectivity index (χ1n) is 11.2. The van der Waals surface area contributed by atoms with Gasteiger partial charge in [0.1, 0.15) is 5.76 Å². The summed E-state index contributed by atoms with van der Waals surface area (Å²) < 4.78 is 6.80. The Morgan fingerprint density at radius 3 is 2.48 bits per heavy atom. The summed E-state index contributed by atoms with van der Waals surface area (Å²) in [6.07, 6.45) is 8.90. The van der Waals surface area contributed by atoms with E-state index in [-0.39, 0.29) is 17.2 Å². The third kappa shape index (κ3) is 11.1. The van der Waals surface area contributed by atoms with E-state index in [0.29, 0.717) is 29.6 Å². The molecule has 33 heavy (non-hydrogen) atoms. The second kappa shape index (κ2) is 14.3. The van der Waals surface area contributed by atoms with Crippen LogP contribution in [0.3, 0.4) is 0 Å². The van der Waals surface area contributed by atoms with Crippen molar-refractivity contribution in [2.45, 2.75) is 81.1 Å². The number of amides is 2. The Morgan fingerprint density at radius 1 is 1.03 bits per heavy atom. The Bertz CT molecular complexity index is 863. The number of hydroxylamine groups is 1. The van der Waals surface area contributed by atoms with Crippen molar-refractivity contribution in [2.75, 3.05) is 18.4 Å². The number of thioether (sulfide) groups is 1. The number of carbonyl (C=O) groups is 2. The number of hydrogen-bond donors (Lipinski definition) is 4. The first-order valence-corrected chi connectivity index (χ1v) is 13.1. The number of rotatable bonds is 15. The lowest BCUT2D eigenvalue weighted by Crippen LogP contribution is -2.19. The van der Waals surface area contributed by atoms with Crippen molar-refractivity contribution in [3.8, 4) is 0 Å². The van der Waals surface area contributed by atoms with Crippen molar-refractivity contribution in [3.63, 3.8) is 0 Å². The van der Waals surface area contributed by atoms with Gasteiger partial charge in [-0.1, -0.05) is 44.9 Å². The van der Waals surface area contributed by atoms with E-state index in [9.17, 15) is 9.59 Å². The SMILES string of the molecule is CC(C)(C)c1cnc(CSc2cnc(NC(=O)CCCNCCCCCCC(=O)NO)s2)o1. The van der Waals surface area contributed by atoms with Gasteiger partial charge in [0.05, 0.1) is 22.4 Å². The third-order valence-corrected chi connectivity index (χ3v) is 6.84. The van der Waals surface area contributed by atoms with Crippen LogP contribution >= 0.6 is 23.1 Å². The molecule has 0 unspecified atom stereocenters. The Morgan fingerprint density at radius 2 is 1.76 bits per heavy atom. The van der Waals surface area contributed by atoms with Crippen LogP contribution in [0.2, 0.25) is 0 Å². The maximum Gasteiger partial charge on any atom is 0.243 e. The van der Waals surface area contributed by atoms with Gasteiger partial charge >= 0.3 is 0 Å². The van der Waals surface area contributed by atoms with Gasteiger partial charge in [0.2, 0.25) is 17.7 Å². The molecule has 0 aliphatic rings. The average Bonchev–Trinajstić information content (AvgIpc) is 3.42. The van der Waals surface area contributed by atoms with Crippen molar-refractivity contribution in [1.82, 2.24) is 20.8 Å². The van der Waals surface area contributed by atoms with Gasteiger partial charge in [-0.2, -0.15) is 0 Å². The number of thiazole rings is 1. The first kappa shape index (κ1) is 27.3. The molecule has 2 heterocycles. The Hall–Kier alpha value is -1.95. The topological polar surface area (TPSA) is 129 Å². The van der Waals surface area contributed by atoms with Crippen LogP contribution in [0, 0.1) is 0 Å². The highest BCUT2D eigenvalue weighted by atomic mass is 32.2. The summed E-state index contributed by atoms with van der Waals surface area (Å²) in [5, 5.41) is 15.2. The highest BCUT2D eigenvalue weighted by molar-refractivity contribution is 8.00. The molecule has 0 spiro atoms. The lowest BCUT2D eigenvalue weighted by atomic mass is 9.94. The quantitative estimate of drug-likeness (QED) is 0.123. The van der Waals surface area contributed by atoms with Crippen LogP contribution in [-0.2, 0) is 20.8 Å². The molecule has 0 fully saturated rings. The molecule has 2 aromatic heterocycles. The summed E-state index contributed by atoms with van der Waals surface area (Å²) in [7, 11) is 0. The van der Waals surface area contributed by atoms with E-state index >= 15 is 0 Å². The molecular formula is C22H35N5O4S2. The molecule has 0 aromatic carbocycles. The Balaban J connectivity index is 1.53. The zero-order chi connectivity index (χ0) is 24.1. The Kier molecular flexibility index (Phi) is 11.9. The van der Waals surface area contributed by atoms with Gasteiger partial charge in [0.25, 0.3) is 0 Å². The number of hydrogen-bond acceptors (Lipinski definition) is 9. The van der Waals surface area contributed by atoms with E-state index in [4.69, 9.17) is 9.62 Å². The molecule has 2 amide bonds. The van der Waals surface area contributed by atoms with Gasteiger partial charge in [-0.3, -0.25) is 14.8 Å². The predicted octanol–water partition coefficient (Wildman–Crippen LogP) is 4.49. The minimum Gasteiger partial charge on any atom is -0.444 e. The summed E-state index contributed by atoms with van der Waals surface area (Å²) in [5.41, 5.74) is 1.58. The lowest BCUT2D eigenvalue weighted by molar-refractivity contribution is -0.129. The minimum absolute atomic E-state index is 0.0348. The van der Waals surface area contributed by atoms with E-state index in [0.717, 1.165) is 55.2 Å². The number of aromatic nitrogens is 2. The summed E-state index contributed by atoms with van der Waals surface area (Å²) in [5.74, 6) is 1.81. The van der Waals surface area contributed by atoms with Gasteiger partial charge < -0.3 is 15.1 Å². The summed E-state index contributed by atoms with van der Waals surface area (Å²) >= 11 is 3.04. The fourth-order valence-corrected chi connectivity index (χ4v) is 4.61. The van der Waals surface area contributed by atoms with Gasteiger partial charge in [-0.15, -0.1) is 11.8 Å². The molecule has 11 heteroatoms. The number of anilines is 1. The van der Waals surface area contributed by atoms with E-state index in [1.54, 1.807) is 29.6 Å². The third-order valence-electron chi connectivity index (χ3n) is 4.75. The summed E-state index contributed by atoms with van der Waals surface area (Å²) in [4.78, 5) is 31.6. The molecule has 0 aliphatic heterocycles. The van der Waals surface area contributed by atoms with Gasteiger partial charge in [-0.05, 0) is 32.4 Å². The molecule has 0 atom stereocenters. The van der Waals surface area contributed by atoms with Gasteiger partial charge in [0.15, 0.2) is 5.13 Å².